The van der Waals surface area contributed by atoms with Gasteiger partial charge in [-0.05, 0) is 56.8 Å². The predicted molar refractivity (Wildman–Crippen MR) is 78.8 cm³/mol. The number of halogens is 2. The smallest absolute Gasteiger partial charge is 0.370 e. The molecule has 24 heavy (non-hydrogen) atoms. The van der Waals surface area contributed by atoms with E-state index < -0.39 is 38.8 Å². The number of aliphatic hydroxyl groups is 1. The molecule has 4 fully saturated rings. The second-order valence-corrected chi connectivity index (χ2v) is 9.36. The summed E-state index contributed by atoms with van der Waals surface area (Å²) in [5, 5.41) is 6.34. The highest BCUT2D eigenvalue weighted by molar-refractivity contribution is 7.86. The first kappa shape index (κ1) is 18.0. The second-order valence-electron chi connectivity index (χ2n) is 7.82. The van der Waals surface area contributed by atoms with Crippen LogP contribution in [0.2, 0.25) is 0 Å². The number of hydrogen-bond donors (Lipinski definition) is 2. The largest absolute Gasteiger partial charge is 0.465 e. The van der Waals surface area contributed by atoms with Gasteiger partial charge in [0.25, 0.3) is 0 Å². The summed E-state index contributed by atoms with van der Waals surface area (Å²) in [5.41, 5.74) is -1.55. The van der Waals surface area contributed by atoms with Gasteiger partial charge >= 0.3 is 21.3 Å². The fourth-order valence-electron chi connectivity index (χ4n) is 5.18. The molecular weight excluding hydrogens is 346 g/mol. The van der Waals surface area contributed by atoms with Gasteiger partial charge in [0.2, 0.25) is 0 Å². The van der Waals surface area contributed by atoms with Crippen LogP contribution in [-0.4, -0.2) is 41.5 Å². The van der Waals surface area contributed by atoms with E-state index in [2.05, 4.69) is 0 Å². The Labute approximate surface area is 139 Å². The third-order valence-electron chi connectivity index (χ3n) is 5.69. The monoisotopic (exact) mass is 368 g/mol. The van der Waals surface area contributed by atoms with Gasteiger partial charge < -0.3 is 9.84 Å². The zero-order valence-electron chi connectivity index (χ0n) is 13.2. The molecule has 2 N–H and O–H groups in total. The van der Waals surface area contributed by atoms with E-state index in [0.717, 1.165) is 6.42 Å². The van der Waals surface area contributed by atoms with Crippen molar-refractivity contribution in [2.75, 3.05) is 6.61 Å². The molecule has 0 aromatic heterocycles. The van der Waals surface area contributed by atoms with E-state index in [-0.39, 0.29) is 13.0 Å². The highest BCUT2D eigenvalue weighted by Crippen LogP contribution is 2.61. The number of hydrogen-bond acceptors (Lipinski definition) is 5. The van der Waals surface area contributed by atoms with Crippen LogP contribution in [0.4, 0.5) is 8.78 Å². The van der Waals surface area contributed by atoms with E-state index in [1.165, 1.54) is 0 Å². The van der Waals surface area contributed by atoms with E-state index in [9.17, 15) is 27.1 Å². The highest BCUT2D eigenvalue weighted by Gasteiger charge is 2.60. The maximum absolute atomic E-state index is 13.1. The molecule has 2 unspecified atom stereocenters. The lowest BCUT2D eigenvalue weighted by molar-refractivity contribution is -0.196. The molecule has 9 heteroatoms. The highest BCUT2D eigenvalue weighted by atomic mass is 32.2. The molecule has 0 aromatic carbocycles. The van der Waals surface area contributed by atoms with E-state index in [4.69, 9.17) is 9.29 Å². The quantitative estimate of drug-likeness (QED) is 0.423. The predicted octanol–water partition coefficient (Wildman–Crippen LogP) is 2.12. The molecule has 4 bridgehead atoms. The van der Waals surface area contributed by atoms with Crippen molar-refractivity contribution < 1.29 is 36.4 Å². The Hall–Kier alpha value is -0.800. The van der Waals surface area contributed by atoms with Crippen molar-refractivity contribution >= 4 is 16.1 Å². The van der Waals surface area contributed by atoms with Crippen LogP contribution in [0, 0.1) is 17.3 Å². The molecule has 4 aliphatic carbocycles. The summed E-state index contributed by atoms with van der Waals surface area (Å²) >= 11 is 0. The molecule has 4 aliphatic rings. The van der Waals surface area contributed by atoms with Gasteiger partial charge in [0.15, 0.2) is 0 Å². The minimum Gasteiger partial charge on any atom is -0.465 e. The molecule has 0 radical (unpaired) electrons. The number of rotatable bonds is 6. The van der Waals surface area contributed by atoms with Crippen molar-refractivity contribution in [3.05, 3.63) is 0 Å². The van der Waals surface area contributed by atoms with Crippen molar-refractivity contribution in [1.29, 1.82) is 0 Å². The molecule has 2 atom stereocenters. The zero-order chi connectivity index (χ0) is 17.8. The second kappa shape index (κ2) is 5.60. The maximum Gasteiger partial charge on any atom is 0.370 e. The first-order valence-electron chi connectivity index (χ1n) is 8.19. The molecule has 0 saturated heterocycles. The fraction of sp³-hybridized carbons (Fsp3) is 0.933. The molecule has 0 amide bonds. The summed E-state index contributed by atoms with van der Waals surface area (Å²) in [6, 6.07) is 0. The fourth-order valence-corrected chi connectivity index (χ4v) is 5.58. The van der Waals surface area contributed by atoms with Gasteiger partial charge in [-0.2, -0.15) is 17.2 Å². The molecule has 0 spiro atoms. The third-order valence-corrected chi connectivity index (χ3v) is 6.64. The standard InChI is InChI=1S/C15H22F2O6S/c16-15(17,24(20,21)22)2-1-3-23-12(18)13-5-10-4-11(6-13)8-14(19,7-10)9-13/h10-11,19H,1-9H2,(H,20,21,22). The molecule has 0 aliphatic heterocycles. The Bertz CT molecular complexity index is 618. The topological polar surface area (TPSA) is 101 Å². The summed E-state index contributed by atoms with van der Waals surface area (Å²) in [7, 11) is -5.45. The van der Waals surface area contributed by atoms with Gasteiger partial charge in [-0.15, -0.1) is 0 Å². The van der Waals surface area contributed by atoms with Crippen LogP contribution in [0.1, 0.15) is 51.4 Å². The maximum atomic E-state index is 13.1. The van der Waals surface area contributed by atoms with E-state index in [1.54, 1.807) is 0 Å². The van der Waals surface area contributed by atoms with Gasteiger partial charge in [0.1, 0.15) is 0 Å². The van der Waals surface area contributed by atoms with Crippen LogP contribution in [0.25, 0.3) is 0 Å². The van der Waals surface area contributed by atoms with Crippen LogP contribution in [-0.2, 0) is 19.6 Å². The third kappa shape index (κ3) is 3.17. The minimum absolute atomic E-state index is 0.299. The van der Waals surface area contributed by atoms with Crippen LogP contribution in [0.3, 0.4) is 0 Å². The number of ether oxygens (including phenoxy) is 1. The average molecular weight is 368 g/mol. The van der Waals surface area contributed by atoms with Gasteiger partial charge in [-0.1, -0.05) is 0 Å². The van der Waals surface area contributed by atoms with Gasteiger partial charge in [0.05, 0.1) is 17.6 Å². The summed E-state index contributed by atoms with van der Waals surface area (Å²) in [6.45, 7) is -0.334. The number of carbonyl (C=O) groups excluding carboxylic acids is 1. The summed E-state index contributed by atoms with van der Waals surface area (Å²) in [4.78, 5) is 12.5. The van der Waals surface area contributed by atoms with Crippen LogP contribution in [0.15, 0.2) is 0 Å². The van der Waals surface area contributed by atoms with Crippen molar-refractivity contribution in [3.8, 4) is 0 Å². The lowest BCUT2D eigenvalue weighted by Crippen LogP contribution is -2.58. The van der Waals surface area contributed by atoms with Gasteiger partial charge in [-0.3, -0.25) is 9.35 Å². The number of carbonyl (C=O) groups is 1. The molecule has 6 nitrogen and oxygen atoms in total. The SMILES string of the molecule is O=C(OCCCC(F)(F)S(=O)(=O)O)C12CC3CC(CC(O)(C3)C1)C2. The zero-order valence-corrected chi connectivity index (χ0v) is 14.0. The number of esters is 1. The minimum atomic E-state index is -5.45. The first-order chi connectivity index (χ1) is 10.9. The van der Waals surface area contributed by atoms with E-state index >= 15 is 0 Å². The number of alkyl halides is 2. The summed E-state index contributed by atoms with van der Waals surface area (Å²) in [5.74, 6) is 0.116. The molecular formula is C15H22F2O6S. The average Bonchev–Trinajstić information content (AvgIpc) is 2.39. The van der Waals surface area contributed by atoms with Crippen molar-refractivity contribution in [2.45, 2.75) is 62.2 Å². The van der Waals surface area contributed by atoms with Crippen LogP contribution < -0.4 is 0 Å². The Morgan fingerprint density at radius 2 is 1.79 bits per heavy atom. The molecule has 0 aromatic rings. The molecule has 4 rings (SSSR count). The Morgan fingerprint density at radius 1 is 1.21 bits per heavy atom. The Balaban J connectivity index is 1.55. The van der Waals surface area contributed by atoms with E-state index in [1.807, 2.05) is 0 Å². The van der Waals surface area contributed by atoms with Crippen molar-refractivity contribution in [3.63, 3.8) is 0 Å². The molecule has 0 heterocycles. The normalized spacial score (nSPS) is 38.3. The summed E-state index contributed by atoms with van der Waals surface area (Å²) in [6.07, 6.45) is 2.62. The van der Waals surface area contributed by atoms with E-state index in [0.29, 0.717) is 43.9 Å². The summed E-state index contributed by atoms with van der Waals surface area (Å²) < 4.78 is 60.8. The van der Waals surface area contributed by atoms with Crippen molar-refractivity contribution in [2.24, 2.45) is 17.3 Å². The molecule has 4 saturated carbocycles. The van der Waals surface area contributed by atoms with Gasteiger partial charge in [-0.25, -0.2) is 0 Å². The first-order valence-corrected chi connectivity index (χ1v) is 9.63. The van der Waals surface area contributed by atoms with Crippen LogP contribution in [0.5, 0.6) is 0 Å². The Morgan fingerprint density at radius 3 is 2.29 bits per heavy atom. The lowest BCUT2D eigenvalue weighted by atomic mass is 9.48. The molecule has 138 valence electrons. The van der Waals surface area contributed by atoms with Crippen LogP contribution >= 0.6 is 0 Å². The van der Waals surface area contributed by atoms with Gasteiger partial charge in [0, 0.05) is 6.42 Å². The van der Waals surface area contributed by atoms with Crippen molar-refractivity contribution in [1.82, 2.24) is 0 Å². The lowest BCUT2D eigenvalue weighted by Gasteiger charge is -2.58. The Kier molecular flexibility index (Phi) is 4.20.